The molecule has 2 saturated heterocycles. The minimum absolute atomic E-state index is 0.0505. The number of nitrogens with zero attached hydrogens (tertiary/aromatic N) is 3. The topological polar surface area (TPSA) is 106 Å². The molecule has 6 rings (SSSR count). The Labute approximate surface area is 283 Å². The molecule has 0 bridgehead atoms. The summed E-state index contributed by atoms with van der Waals surface area (Å²) in [6.07, 6.45) is 5.03. The van der Waals surface area contributed by atoms with Gasteiger partial charge in [-0.3, -0.25) is 14.4 Å². The number of rotatable bonds is 8. The Morgan fingerprint density at radius 1 is 0.854 bits per heavy atom. The third kappa shape index (κ3) is 7.79. The maximum Gasteiger partial charge on any atom is 0.410 e. The van der Waals surface area contributed by atoms with Crippen LogP contribution in [0.15, 0.2) is 48.5 Å². The summed E-state index contributed by atoms with van der Waals surface area (Å²) in [4.78, 5) is 59.2. The molecule has 48 heavy (non-hydrogen) atoms. The minimum atomic E-state index is -0.583. The van der Waals surface area contributed by atoms with Gasteiger partial charge in [-0.2, -0.15) is 0 Å². The number of benzene rings is 2. The quantitative estimate of drug-likeness (QED) is 0.336. The van der Waals surface area contributed by atoms with Crippen LogP contribution >= 0.6 is 0 Å². The third-order valence-corrected chi connectivity index (χ3v) is 10.0. The predicted molar refractivity (Wildman–Crippen MR) is 179 cm³/mol. The van der Waals surface area contributed by atoms with Gasteiger partial charge in [-0.15, -0.1) is 0 Å². The summed E-state index contributed by atoms with van der Waals surface area (Å²) in [7, 11) is 0. The molecule has 2 aromatic carbocycles. The molecular formula is C38H49N3O7. The van der Waals surface area contributed by atoms with Crippen LogP contribution in [0.4, 0.5) is 4.79 Å². The van der Waals surface area contributed by atoms with E-state index in [1.807, 2.05) is 73.0 Å². The van der Waals surface area contributed by atoms with Crippen LogP contribution in [-0.4, -0.2) is 83.0 Å². The van der Waals surface area contributed by atoms with Gasteiger partial charge in [0, 0.05) is 44.6 Å². The van der Waals surface area contributed by atoms with Crippen LogP contribution in [0.5, 0.6) is 5.75 Å². The molecular weight excluding hydrogens is 610 g/mol. The number of amides is 3. The van der Waals surface area contributed by atoms with Crippen LogP contribution in [0, 0.1) is 11.8 Å². The van der Waals surface area contributed by atoms with E-state index in [2.05, 4.69) is 6.07 Å². The summed E-state index contributed by atoms with van der Waals surface area (Å²) < 4.78 is 18.0. The lowest BCUT2D eigenvalue weighted by atomic mass is 9.77. The second-order valence-electron chi connectivity index (χ2n) is 14.6. The van der Waals surface area contributed by atoms with Crippen molar-refractivity contribution in [3.63, 3.8) is 0 Å². The highest BCUT2D eigenvalue weighted by Gasteiger charge is 2.44. The Balaban J connectivity index is 1.23. The molecule has 0 spiro atoms. The Kier molecular flexibility index (Phi) is 10.3. The maximum absolute atomic E-state index is 14.6. The fraction of sp³-hybridized carbons (Fsp3) is 0.579. The van der Waals surface area contributed by atoms with E-state index in [1.54, 1.807) is 4.90 Å². The number of esters is 1. The van der Waals surface area contributed by atoms with Crippen LogP contribution in [0.25, 0.3) is 0 Å². The van der Waals surface area contributed by atoms with E-state index in [-0.39, 0.29) is 36.6 Å². The summed E-state index contributed by atoms with van der Waals surface area (Å²) in [5.74, 6) is -0.581. The zero-order valence-electron chi connectivity index (χ0n) is 28.5. The molecule has 3 amide bonds. The van der Waals surface area contributed by atoms with Gasteiger partial charge in [0.1, 0.15) is 24.1 Å². The molecule has 258 valence electrons. The van der Waals surface area contributed by atoms with Crippen LogP contribution in [-0.2, 0) is 36.9 Å². The molecule has 0 radical (unpaired) electrons. The van der Waals surface area contributed by atoms with Crippen LogP contribution < -0.4 is 4.74 Å². The molecule has 3 heterocycles. The molecule has 0 N–H and O–H groups in total. The zero-order chi connectivity index (χ0) is 33.8. The van der Waals surface area contributed by atoms with Gasteiger partial charge < -0.3 is 28.9 Å². The van der Waals surface area contributed by atoms with Gasteiger partial charge in [0.25, 0.3) is 0 Å². The molecule has 2 aromatic rings. The number of fused-ring (bicyclic) bond motifs is 1. The first-order chi connectivity index (χ1) is 23.1. The molecule has 0 aromatic heterocycles. The van der Waals surface area contributed by atoms with Gasteiger partial charge >= 0.3 is 12.1 Å². The van der Waals surface area contributed by atoms with Crippen molar-refractivity contribution < 1.29 is 33.4 Å². The van der Waals surface area contributed by atoms with Gasteiger partial charge in [-0.25, -0.2) is 4.79 Å². The first kappa shape index (κ1) is 33.8. The molecule has 0 unspecified atom stereocenters. The lowest BCUT2D eigenvalue weighted by molar-refractivity contribution is -0.159. The molecule has 10 nitrogen and oxygen atoms in total. The van der Waals surface area contributed by atoms with E-state index < -0.39 is 23.5 Å². The number of hydrogen-bond acceptors (Lipinski definition) is 7. The number of carbonyl (C=O) groups is 4. The van der Waals surface area contributed by atoms with Gasteiger partial charge in [0.15, 0.2) is 0 Å². The second kappa shape index (κ2) is 14.6. The van der Waals surface area contributed by atoms with Crippen LogP contribution in [0.3, 0.4) is 0 Å². The SMILES string of the molecule is CC(C)(C)OC(=O)N1CC[C@H](Oc2cccc3c2[C@@H](CN2CCCC2=O)N(C(=O)[C@@H]2CCCC[C@@H]2C(=O)OCc2ccccc2)CC3)C1. The van der Waals surface area contributed by atoms with Crippen molar-refractivity contribution in [1.82, 2.24) is 14.7 Å². The molecule has 3 aliphatic heterocycles. The molecule has 1 saturated carbocycles. The highest BCUT2D eigenvalue weighted by atomic mass is 16.6. The Morgan fingerprint density at radius 3 is 2.35 bits per heavy atom. The molecule has 10 heteroatoms. The Hall–Kier alpha value is -4.08. The largest absolute Gasteiger partial charge is 0.488 e. The molecule has 4 atom stereocenters. The van der Waals surface area contributed by atoms with Crippen molar-refractivity contribution in [3.8, 4) is 5.75 Å². The van der Waals surface area contributed by atoms with Crippen molar-refractivity contribution in [2.75, 3.05) is 32.7 Å². The average Bonchev–Trinajstić information content (AvgIpc) is 3.72. The first-order valence-electron chi connectivity index (χ1n) is 17.6. The lowest BCUT2D eigenvalue weighted by Crippen LogP contribution is -2.50. The fourth-order valence-electron chi connectivity index (χ4n) is 7.65. The first-order valence-corrected chi connectivity index (χ1v) is 17.6. The van der Waals surface area contributed by atoms with E-state index in [0.29, 0.717) is 70.6 Å². The zero-order valence-corrected chi connectivity index (χ0v) is 28.5. The van der Waals surface area contributed by atoms with E-state index in [9.17, 15) is 19.2 Å². The number of hydrogen-bond donors (Lipinski definition) is 0. The normalized spacial score (nSPS) is 24.3. The number of carbonyl (C=O) groups excluding carboxylic acids is 4. The summed E-state index contributed by atoms with van der Waals surface area (Å²) >= 11 is 0. The van der Waals surface area contributed by atoms with Crippen molar-refractivity contribution in [1.29, 1.82) is 0 Å². The smallest absolute Gasteiger partial charge is 0.410 e. The molecule has 4 aliphatic rings. The van der Waals surface area contributed by atoms with Crippen LogP contribution in [0.2, 0.25) is 0 Å². The van der Waals surface area contributed by atoms with Crippen molar-refractivity contribution in [3.05, 3.63) is 65.2 Å². The van der Waals surface area contributed by atoms with E-state index in [1.165, 1.54) is 0 Å². The Bertz CT molecular complexity index is 1490. The average molecular weight is 660 g/mol. The van der Waals surface area contributed by atoms with Gasteiger partial charge in [0.2, 0.25) is 11.8 Å². The Morgan fingerprint density at radius 2 is 1.62 bits per heavy atom. The summed E-state index contributed by atoms with van der Waals surface area (Å²) in [5.41, 5.74) is 2.35. The summed E-state index contributed by atoms with van der Waals surface area (Å²) in [5, 5.41) is 0. The minimum Gasteiger partial charge on any atom is -0.488 e. The molecule has 3 fully saturated rings. The maximum atomic E-state index is 14.6. The predicted octanol–water partition coefficient (Wildman–Crippen LogP) is 5.67. The van der Waals surface area contributed by atoms with Gasteiger partial charge in [-0.05, 0) is 63.6 Å². The van der Waals surface area contributed by atoms with Crippen molar-refractivity contribution in [2.45, 2.75) is 96.5 Å². The highest BCUT2D eigenvalue weighted by molar-refractivity contribution is 5.86. The van der Waals surface area contributed by atoms with Gasteiger partial charge in [0.05, 0.1) is 24.4 Å². The van der Waals surface area contributed by atoms with E-state index in [4.69, 9.17) is 14.2 Å². The van der Waals surface area contributed by atoms with Crippen LogP contribution in [0.1, 0.15) is 88.4 Å². The van der Waals surface area contributed by atoms with Gasteiger partial charge in [-0.1, -0.05) is 55.3 Å². The van der Waals surface area contributed by atoms with Crippen molar-refractivity contribution >= 4 is 23.9 Å². The number of ether oxygens (including phenoxy) is 3. The highest BCUT2D eigenvalue weighted by Crippen LogP contribution is 2.42. The standard InChI is InChI=1S/C38H49N3O7/c1-38(2,3)48-37(45)40-21-19-28(23-40)47-32-16-9-13-27-18-22-41(31(34(27)32)24-39-20-10-17-33(39)42)35(43)29-14-7-8-15-30(29)36(44)46-25-26-11-5-4-6-12-26/h4-6,9,11-13,16,28-31H,7-8,10,14-15,17-25H2,1-3H3/t28-,29+,30-,31+/m0/s1. The number of likely N-dealkylation sites (tertiary alicyclic amines) is 2. The molecule has 1 aliphatic carbocycles. The van der Waals surface area contributed by atoms with Crippen molar-refractivity contribution in [2.24, 2.45) is 11.8 Å². The fourth-order valence-corrected chi connectivity index (χ4v) is 7.65. The lowest BCUT2D eigenvalue weighted by Gasteiger charge is -2.43. The second-order valence-corrected chi connectivity index (χ2v) is 14.6. The monoisotopic (exact) mass is 659 g/mol. The summed E-state index contributed by atoms with van der Waals surface area (Å²) in [6, 6.07) is 15.2. The van der Waals surface area contributed by atoms with E-state index in [0.717, 1.165) is 36.0 Å². The summed E-state index contributed by atoms with van der Waals surface area (Å²) in [6.45, 7) is 8.22. The van der Waals surface area contributed by atoms with E-state index >= 15 is 0 Å². The third-order valence-electron chi connectivity index (χ3n) is 10.0.